The molecule has 23 heavy (non-hydrogen) atoms. The Bertz CT molecular complexity index is 576. The Balaban J connectivity index is 2.20. The molecule has 0 bridgehead atoms. The van der Waals surface area contributed by atoms with E-state index in [1.165, 1.54) is 7.11 Å². The Morgan fingerprint density at radius 3 is 1.96 bits per heavy atom. The molecule has 0 aromatic heterocycles. The van der Waals surface area contributed by atoms with Gasteiger partial charge in [0.1, 0.15) is 0 Å². The molecule has 4 nitrogen and oxygen atoms in total. The highest BCUT2D eigenvalue weighted by Crippen LogP contribution is 2.09. The van der Waals surface area contributed by atoms with Crippen molar-refractivity contribution in [1.82, 2.24) is 0 Å². The second-order valence-electron chi connectivity index (χ2n) is 5.51. The molecule has 0 radical (unpaired) electrons. The first kappa shape index (κ1) is 17.4. The quantitative estimate of drug-likeness (QED) is 0.614. The fourth-order valence-corrected chi connectivity index (χ4v) is 5.29. The van der Waals surface area contributed by atoms with Gasteiger partial charge < -0.3 is 14.3 Å². The monoisotopic (exact) mass is 330 g/mol. The number of carbonyl (C=O) groups excluding carboxylic acids is 1. The minimum Gasteiger partial charge on any atom is -0.469 e. The van der Waals surface area contributed by atoms with E-state index >= 15 is 0 Å². The van der Waals surface area contributed by atoms with Crippen molar-refractivity contribution in [2.24, 2.45) is 0 Å². The van der Waals surface area contributed by atoms with Crippen LogP contribution in [-0.4, -0.2) is 39.2 Å². The first-order chi connectivity index (χ1) is 11.1. The Hall–Kier alpha value is -1.95. The molecule has 0 heterocycles. The third-order valence-corrected chi connectivity index (χ3v) is 7.46. The summed E-state index contributed by atoms with van der Waals surface area (Å²) in [5, 5.41) is 12.2. The van der Waals surface area contributed by atoms with Crippen molar-refractivity contribution in [1.29, 1.82) is 0 Å². The van der Waals surface area contributed by atoms with Crippen LogP contribution in [0.15, 0.2) is 60.7 Å². The fraction of sp³-hybridized carbons (Fsp3) is 0.278. The van der Waals surface area contributed by atoms with Gasteiger partial charge in [-0.1, -0.05) is 60.7 Å². The van der Waals surface area contributed by atoms with Crippen molar-refractivity contribution in [2.45, 2.75) is 19.1 Å². The minimum absolute atomic E-state index is 0.0649. The number of hydrogen-bond acceptors (Lipinski definition) is 4. The minimum atomic E-state index is -2.44. The molecule has 0 spiro atoms. The van der Waals surface area contributed by atoms with Crippen LogP contribution in [0.1, 0.15) is 6.42 Å². The molecule has 0 fully saturated rings. The maximum Gasteiger partial charge on any atom is 0.308 e. The largest absolute Gasteiger partial charge is 0.469 e. The third-order valence-electron chi connectivity index (χ3n) is 3.84. The summed E-state index contributed by atoms with van der Waals surface area (Å²) < 4.78 is 10.8. The van der Waals surface area contributed by atoms with Crippen LogP contribution in [0.5, 0.6) is 0 Å². The molecule has 0 aliphatic carbocycles. The summed E-state index contributed by atoms with van der Waals surface area (Å²) in [6, 6.07) is 20.1. The van der Waals surface area contributed by atoms with Gasteiger partial charge in [0.05, 0.1) is 26.2 Å². The van der Waals surface area contributed by atoms with Gasteiger partial charge in [-0.15, -0.1) is 0 Å². The summed E-state index contributed by atoms with van der Waals surface area (Å²) in [5.74, 6) is -0.441. The Kier molecular flexibility index (Phi) is 6.09. The highest BCUT2D eigenvalue weighted by atomic mass is 28.4. The smallest absolute Gasteiger partial charge is 0.308 e. The van der Waals surface area contributed by atoms with Gasteiger partial charge in [-0.2, -0.15) is 0 Å². The number of carbonyl (C=O) groups is 1. The van der Waals surface area contributed by atoms with E-state index in [4.69, 9.17) is 4.43 Å². The predicted octanol–water partition coefficient (Wildman–Crippen LogP) is 1.32. The van der Waals surface area contributed by atoms with E-state index in [1.807, 2.05) is 60.7 Å². The molecule has 122 valence electrons. The Labute approximate surface area is 137 Å². The van der Waals surface area contributed by atoms with Crippen molar-refractivity contribution in [2.75, 3.05) is 13.7 Å². The van der Waals surface area contributed by atoms with Crippen molar-refractivity contribution in [3.63, 3.8) is 0 Å². The van der Waals surface area contributed by atoms with Crippen molar-refractivity contribution < 1.29 is 19.1 Å². The van der Waals surface area contributed by atoms with E-state index in [0.29, 0.717) is 0 Å². The molecule has 2 aromatic carbocycles. The predicted molar refractivity (Wildman–Crippen MR) is 92.4 cm³/mol. The lowest BCUT2D eigenvalue weighted by Gasteiger charge is -2.29. The lowest BCUT2D eigenvalue weighted by Crippen LogP contribution is -2.59. The molecule has 0 aliphatic heterocycles. The molecule has 1 unspecified atom stereocenters. The summed E-state index contributed by atoms with van der Waals surface area (Å²) in [6.07, 6.45) is -0.938. The Morgan fingerprint density at radius 2 is 1.52 bits per heavy atom. The van der Waals surface area contributed by atoms with Gasteiger partial charge in [0, 0.05) is 0 Å². The van der Waals surface area contributed by atoms with Gasteiger partial charge >= 0.3 is 5.97 Å². The van der Waals surface area contributed by atoms with Crippen LogP contribution in [-0.2, 0) is 14.0 Å². The summed E-state index contributed by atoms with van der Waals surface area (Å²) >= 11 is 0. The third kappa shape index (κ3) is 4.51. The SMILES string of the molecule is COC(=O)CC(O)CO[Si](C)(c1ccccc1)c1ccccc1. The lowest BCUT2D eigenvalue weighted by atomic mass is 10.3. The number of benzene rings is 2. The van der Waals surface area contributed by atoms with Gasteiger partial charge in [-0.05, 0) is 16.9 Å². The van der Waals surface area contributed by atoms with Gasteiger partial charge in [0.2, 0.25) is 0 Å². The lowest BCUT2D eigenvalue weighted by molar-refractivity contribution is -0.143. The zero-order valence-electron chi connectivity index (χ0n) is 13.4. The average Bonchev–Trinajstić information content (AvgIpc) is 2.61. The van der Waals surface area contributed by atoms with E-state index in [1.54, 1.807) is 0 Å². The van der Waals surface area contributed by atoms with Crippen LogP contribution in [0.3, 0.4) is 0 Å². The highest BCUT2D eigenvalue weighted by molar-refractivity contribution is 6.96. The van der Waals surface area contributed by atoms with Crippen LogP contribution in [0.4, 0.5) is 0 Å². The molecule has 0 amide bonds. The number of aliphatic hydroxyl groups excluding tert-OH is 1. The van der Waals surface area contributed by atoms with Gasteiger partial charge in [0.25, 0.3) is 8.32 Å². The zero-order valence-corrected chi connectivity index (χ0v) is 14.4. The summed E-state index contributed by atoms with van der Waals surface area (Å²) in [5.41, 5.74) is 0. The van der Waals surface area contributed by atoms with Crippen LogP contribution < -0.4 is 10.4 Å². The molecule has 2 rings (SSSR count). The van der Waals surface area contributed by atoms with Crippen LogP contribution in [0.2, 0.25) is 6.55 Å². The number of esters is 1. The Morgan fingerprint density at radius 1 is 1.04 bits per heavy atom. The van der Waals surface area contributed by atoms with Crippen LogP contribution in [0, 0.1) is 0 Å². The molecule has 0 saturated carbocycles. The molecule has 0 aliphatic rings. The van der Waals surface area contributed by atoms with E-state index in [0.717, 1.165) is 10.4 Å². The maximum atomic E-state index is 11.3. The molecular formula is C18H22O4Si. The number of ether oxygens (including phenoxy) is 1. The summed E-state index contributed by atoms with van der Waals surface area (Å²) in [4.78, 5) is 11.3. The van der Waals surface area contributed by atoms with Crippen LogP contribution in [0.25, 0.3) is 0 Å². The first-order valence-electron chi connectivity index (χ1n) is 7.56. The number of rotatable bonds is 7. The van der Waals surface area contributed by atoms with Crippen LogP contribution >= 0.6 is 0 Å². The first-order valence-corrected chi connectivity index (χ1v) is 9.97. The summed E-state index contributed by atoms with van der Waals surface area (Å²) in [7, 11) is -1.13. The second-order valence-corrected chi connectivity index (χ2v) is 9.02. The molecule has 1 atom stereocenters. The highest BCUT2D eigenvalue weighted by Gasteiger charge is 2.34. The topological polar surface area (TPSA) is 55.8 Å². The summed E-state index contributed by atoms with van der Waals surface area (Å²) in [6.45, 7) is 2.20. The van der Waals surface area contributed by atoms with Crippen molar-refractivity contribution in [3.8, 4) is 0 Å². The number of methoxy groups -OCH3 is 1. The zero-order chi connectivity index (χ0) is 16.7. The van der Waals surface area contributed by atoms with E-state index in [9.17, 15) is 9.90 Å². The normalized spacial score (nSPS) is 12.7. The molecule has 0 saturated heterocycles. The van der Waals surface area contributed by atoms with Crippen molar-refractivity contribution >= 4 is 24.7 Å². The van der Waals surface area contributed by atoms with E-state index < -0.39 is 20.4 Å². The molecule has 5 heteroatoms. The molecule has 2 aromatic rings. The standard InChI is InChI=1S/C18H22O4Si/c1-21-18(20)13-15(19)14-22-23(2,16-9-5-3-6-10-16)17-11-7-4-8-12-17/h3-12,15,19H,13-14H2,1-2H3. The second kappa shape index (κ2) is 8.06. The number of aliphatic hydroxyl groups is 1. The fourth-order valence-electron chi connectivity index (χ4n) is 2.44. The number of hydrogen-bond donors (Lipinski definition) is 1. The van der Waals surface area contributed by atoms with Gasteiger partial charge in [-0.3, -0.25) is 4.79 Å². The molecular weight excluding hydrogens is 308 g/mol. The van der Waals surface area contributed by atoms with E-state index in [2.05, 4.69) is 11.3 Å². The van der Waals surface area contributed by atoms with Gasteiger partial charge in [0.15, 0.2) is 0 Å². The molecule has 1 N–H and O–H groups in total. The maximum absolute atomic E-state index is 11.3. The van der Waals surface area contributed by atoms with Gasteiger partial charge in [-0.25, -0.2) is 0 Å². The van der Waals surface area contributed by atoms with E-state index in [-0.39, 0.29) is 13.0 Å². The van der Waals surface area contributed by atoms with Crippen molar-refractivity contribution in [3.05, 3.63) is 60.7 Å². The average molecular weight is 330 g/mol.